The van der Waals surface area contributed by atoms with Crippen molar-refractivity contribution in [1.82, 2.24) is 15.1 Å². The summed E-state index contributed by atoms with van der Waals surface area (Å²) in [4.78, 5) is 9.81. The number of rotatable bonds is 7. The molecule has 2 aromatic carbocycles. The van der Waals surface area contributed by atoms with Crippen LogP contribution in [0.25, 0.3) is 11.5 Å². The fourth-order valence-electron chi connectivity index (χ4n) is 2.76. The number of anilines is 1. The van der Waals surface area contributed by atoms with Crippen LogP contribution in [0.2, 0.25) is 0 Å². The number of aromatic nitrogens is 3. The second-order valence-corrected chi connectivity index (χ2v) is 8.41. The molecule has 4 aromatic rings. The van der Waals surface area contributed by atoms with Crippen LogP contribution in [0.15, 0.2) is 80.9 Å². The molecule has 2 heterocycles. The fraction of sp³-hybridized carbons (Fsp3) is 0.136. The van der Waals surface area contributed by atoms with Crippen molar-refractivity contribution in [1.29, 1.82) is 0 Å². The molecule has 1 N–H and O–H groups in total. The maximum atomic E-state index is 5.36. The minimum atomic E-state index is 0.478. The zero-order valence-corrected chi connectivity index (χ0v) is 18.2. The van der Waals surface area contributed by atoms with Crippen molar-refractivity contribution in [3.8, 4) is 11.5 Å². The minimum Gasteiger partial charge on any atom is -0.378 e. The summed E-state index contributed by atoms with van der Waals surface area (Å²) in [5.41, 5.74) is 4.18. The third-order valence-corrected chi connectivity index (χ3v) is 6.27. The molecular weight excluding hydrogens is 448 g/mol. The van der Waals surface area contributed by atoms with E-state index in [4.69, 9.17) is 4.52 Å². The smallest absolute Gasteiger partial charge is 0.259 e. The fourth-order valence-corrected chi connectivity index (χ4v) is 4.36. The summed E-state index contributed by atoms with van der Waals surface area (Å²) in [6, 6.07) is 18.7. The number of halogens is 1. The van der Waals surface area contributed by atoms with E-state index in [1.807, 2.05) is 19.1 Å². The van der Waals surface area contributed by atoms with Crippen LogP contribution in [0.1, 0.15) is 17.0 Å². The van der Waals surface area contributed by atoms with Gasteiger partial charge in [-0.2, -0.15) is 4.98 Å². The average Bonchev–Trinajstić information content (AvgIpc) is 3.21. The highest BCUT2D eigenvalue weighted by molar-refractivity contribution is 9.10. The van der Waals surface area contributed by atoms with E-state index >= 15 is 0 Å². The Morgan fingerprint density at radius 3 is 2.72 bits per heavy atom. The lowest BCUT2D eigenvalue weighted by molar-refractivity contribution is 0.423. The maximum absolute atomic E-state index is 5.36. The Morgan fingerprint density at radius 2 is 1.93 bits per heavy atom. The predicted molar refractivity (Wildman–Crippen MR) is 120 cm³/mol. The number of aryl methyl sites for hydroxylation is 1. The van der Waals surface area contributed by atoms with E-state index in [1.165, 1.54) is 10.5 Å². The quantitative estimate of drug-likeness (QED) is 0.331. The molecule has 0 atom stereocenters. The number of hydrogen-bond acceptors (Lipinski definition) is 6. The van der Waals surface area contributed by atoms with E-state index in [2.05, 4.69) is 78.8 Å². The van der Waals surface area contributed by atoms with Crippen LogP contribution in [0.3, 0.4) is 0 Å². The predicted octanol–water partition coefficient (Wildman–Crippen LogP) is 6.11. The molecular formula is C22H19BrN4OS. The number of benzene rings is 2. The third kappa shape index (κ3) is 5.25. The van der Waals surface area contributed by atoms with Gasteiger partial charge in [0.15, 0.2) is 5.82 Å². The zero-order valence-electron chi connectivity index (χ0n) is 15.8. The number of nitrogens with one attached hydrogen (secondary N) is 1. The normalized spacial score (nSPS) is 10.8. The number of thioether (sulfide) groups is 1. The minimum absolute atomic E-state index is 0.478. The van der Waals surface area contributed by atoms with E-state index in [-0.39, 0.29) is 0 Å². The monoisotopic (exact) mass is 466 g/mol. The standard InChI is InChI=1S/C22H19BrN4OS/c1-15-9-17(12-24-11-15)22-26-21(27-28-22)13-25-18-7-8-20(19(23)10-18)29-14-16-5-3-2-4-6-16/h2-12,25H,13-14H2,1H3. The van der Waals surface area contributed by atoms with Gasteiger partial charge in [-0.3, -0.25) is 4.98 Å². The van der Waals surface area contributed by atoms with Crippen molar-refractivity contribution < 1.29 is 4.52 Å². The summed E-state index contributed by atoms with van der Waals surface area (Å²) in [7, 11) is 0. The first-order valence-corrected chi connectivity index (χ1v) is 10.9. The summed E-state index contributed by atoms with van der Waals surface area (Å²) in [5, 5.41) is 7.39. The molecule has 4 rings (SSSR count). The van der Waals surface area contributed by atoms with Gasteiger partial charge in [-0.1, -0.05) is 35.5 Å². The number of pyridine rings is 1. The van der Waals surface area contributed by atoms with Gasteiger partial charge in [0.2, 0.25) is 0 Å². The van der Waals surface area contributed by atoms with Gasteiger partial charge in [0.25, 0.3) is 5.89 Å². The molecule has 0 fully saturated rings. The molecule has 0 radical (unpaired) electrons. The highest BCUT2D eigenvalue weighted by atomic mass is 79.9. The van der Waals surface area contributed by atoms with E-state index in [0.29, 0.717) is 18.3 Å². The molecule has 29 heavy (non-hydrogen) atoms. The largest absolute Gasteiger partial charge is 0.378 e. The molecule has 5 nitrogen and oxygen atoms in total. The Bertz CT molecular complexity index is 1100. The first kappa shape index (κ1) is 19.7. The van der Waals surface area contributed by atoms with Gasteiger partial charge in [-0.25, -0.2) is 0 Å². The van der Waals surface area contributed by atoms with Crippen LogP contribution < -0.4 is 5.32 Å². The molecule has 0 unspecified atom stereocenters. The second-order valence-electron chi connectivity index (χ2n) is 6.54. The summed E-state index contributed by atoms with van der Waals surface area (Å²) in [6.45, 7) is 2.46. The van der Waals surface area contributed by atoms with Crippen molar-refractivity contribution in [3.63, 3.8) is 0 Å². The zero-order chi connectivity index (χ0) is 20.1. The van der Waals surface area contributed by atoms with Gasteiger partial charge in [0.1, 0.15) is 0 Å². The summed E-state index contributed by atoms with van der Waals surface area (Å²) in [6.07, 6.45) is 3.52. The van der Waals surface area contributed by atoms with Crippen LogP contribution in [-0.2, 0) is 12.3 Å². The van der Waals surface area contributed by atoms with Crippen molar-refractivity contribution in [3.05, 3.63) is 88.4 Å². The SMILES string of the molecule is Cc1cncc(-c2nc(CNc3ccc(SCc4ccccc4)c(Br)c3)no2)c1. The molecule has 0 amide bonds. The summed E-state index contributed by atoms with van der Waals surface area (Å²) in [5.74, 6) is 2.01. The van der Waals surface area contributed by atoms with Crippen LogP contribution in [-0.4, -0.2) is 15.1 Å². The Balaban J connectivity index is 1.36. The molecule has 146 valence electrons. The lowest BCUT2D eigenvalue weighted by Crippen LogP contribution is -2.01. The Kier molecular flexibility index (Phi) is 6.27. The van der Waals surface area contributed by atoms with Gasteiger partial charge < -0.3 is 9.84 Å². The average molecular weight is 467 g/mol. The van der Waals surface area contributed by atoms with E-state index in [0.717, 1.165) is 27.0 Å². The van der Waals surface area contributed by atoms with Crippen molar-refractivity contribution in [2.45, 2.75) is 24.1 Å². The van der Waals surface area contributed by atoms with Crippen LogP contribution in [0.5, 0.6) is 0 Å². The summed E-state index contributed by atoms with van der Waals surface area (Å²) >= 11 is 5.48. The molecule has 0 aliphatic carbocycles. The molecule has 0 aliphatic heterocycles. The van der Waals surface area contributed by atoms with Gasteiger partial charge in [-0.15, -0.1) is 11.8 Å². The first-order chi connectivity index (χ1) is 14.2. The Morgan fingerprint density at radius 1 is 1.07 bits per heavy atom. The van der Waals surface area contributed by atoms with Crippen molar-refractivity contribution in [2.75, 3.05) is 5.32 Å². The lowest BCUT2D eigenvalue weighted by atomic mass is 10.2. The van der Waals surface area contributed by atoms with E-state index < -0.39 is 0 Å². The lowest BCUT2D eigenvalue weighted by Gasteiger charge is -2.08. The van der Waals surface area contributed by atoms with Crippen LogP contribution in [0.4, 0.5) is 5.69 Å². The number of nitrogens with zero attached hydrogens (tertiary/aromatic N) is 3. The van der Waals surface area contributed by atoms with Crippen LogP contribution >= 0.6 is 27.7 Å². The van der Waals surface area contributed by atoms with Crippen molar-refractivity contribution in [2.24, 2.45) is 0 Å². The molecule has 0 bridgehead atoms. The first-order valence-electron chi connectivity index (χ1n) is 9.12. The molecule has 2 aromatic heterocycles. The van der Waals surface area contributed by atoms with Gasteiger partial charge in [0, 0.05) is 33.2 Å². The Hall–Kier alpha value is -2.64. The highest BCUT2D eigenvalue weighted by Crippen LogP contribution is 2.32. The molecule has 0 saturated heterocycles. The maximum Gasteiger partial charge on any atom is 0.259 e. The van der Waals surface area contributed by atoms with E-state index in [1.54, 1.807) is 24.2 Å². The molecule has 0 aliphatic rings. The highest BCUT2D eigenvalue weighted by Gasteiger charge is 2.10. The molecule has 0 spiro atoms. The van der Waals surface area contributed by atoms with Gasteiger partial charge in [-0.05, 0) is 58.2 Å². The topological polar surface area (TPSA) is 63.8 Å². The number of hydrogen-bond donors (Lipinski definition) is 1. The Labute approximate surface area is 182 Å². The molecule has 7 heteroatoms. The third-order valence-electron chi connectivity index (χ3n) is 4.21. The van der Waals surface area contributed by atoms with Gasteiger partial charge >= 0.3 is 0 Å². The van der Waals surface area contributed by atoms with Gasteiger partial charge in [0.05, 0.1) is 12.1 Å². The molecule has 0 saturated carbocycles. The summed E-state index contributed by atoms with van der Waals surface area (Å²) < 4.78 is 6.42. The van der Waals surface area contributed by atoms with E-state index in [9.17, 15) is 0 Å². The second kappa shape index (κ2) is 9.24. The van der Waals surface area contributed by atoms with Crippen molar-refractivity contribution >= 4 is 33.4 Å². The van der Waals surface area contributed by atoms with Crippen LogP contribution in [0, 0.1) is 6.92 Å².